The van der Waals surface area contributed by atoms with Gasteiger partial charge in [-0.15, -0.1) is 0 Å². The van der Waals surface area contributed by atoms with Crippen molar-refractivity contribution in [3.8, 4) is 5.75 Å². The van der Waals surface area contributed by atoms with E-state index in [1.165, 1.54) is 6.20 Å². The summed E-state index contributed by atoms with van der Waals surface area (Å²) in [6, 6.07) is 3.56. The van der Waals surface area contributed by atoms with Crippen LogP contribution in [-0.2, 0) is 0 Å². The summed E-state index contributed by atoms with van der Waals surface area (Å²) in [4.78, 5) is 8.04. The SMILES string of the molecule is COc1cc(Cl)c(C)cc1Nc1nc(NN)ncc1Cl. The second-order valence-electron chi connectivity index (χ2n) is 3.96. The van der Waals surface area contributed by atoms with Crippen molar-refractivity contribution < 1.29 is 4.74 Å². The zero-order valence-electron chi connectivity index (χ0n) is 10.9. The summed E-state index contributed by atoms with van der Waals surface area (Å²) in [6.07, 6.45) is 1.45. The molecule has 1 aromatic carbocycles. The predicted octanol–water partition coefficient (Wildman–Crippen LogP) is 3.13. The number of nitrogens with one attached hydrogen (secondary N) is 2. The first-order chi connectivity index (χ1) is 9.55. The van der Waals surface area contributed by atoms with E-state index in [1.54, 1.807) is 13.2 Å². The van der Waals surface area contributed by atoms with Gasteiger partial charge in [0, 0.05) is 11.1 Å². The molecule has 0 bridgehead atoms. The molecule has 6 nitrogen and oxygen atoms in total. The van der Waals surface area contributed by atoms with E-state index >= 15 is 0 Å². The fraction of sp³-hybridized carbons (Fsp3) is 0.167. The summed E-state index contributed by atoms with van der Waals surface area (Å²) in [5.41, 5.74) is 3.95. The monoisotopic (exact) mass is 313 g/mol. The maximum atomic E-state index is 6.06. The molecule has 0 unspecified atom stereocenters. The maximum absolute atomic E-state index is 6.06. The van der Waals surface area contributed by atoms with E-state index < -0.39 is 0 Å². The molecule has 0 radical (unpaired) electrons. The standard InChI is InChI=1S/C12H13Cl2N5O/c1-6-3-9(10(20-2)4-7(6)13)17-11-8(14)5-16-12(18-11)19-15/h3-5H,15H2,1-2H3,(H2,16,17,18,19). The van der Waals surface area contributed by atoms with Crippen molar-refractivity contribution in [3.63, 3.8) is 0 Å². The Kier molecular flexibility index (Phi) is 4.49. The molecule has 0 atom stereocenters. The largest absolute Gasteiger partial charge is 0.495 e. The van der Waals surface area contributed by atoms with Gasteiger partial charge < -0.3 is 10.1 Å². The molecule has 20 heavy (non-hydrogen) atoms. The number of benzene rings is 1. The van der Waals surface area contributed by atoms with Crippen LogP contribution in [0.15, 0.2) is 18.3 Å². The second kappa shape index (κ2) is 6.13. The molecule has 2 rings (SSSR count). The van der Waals surface area contributed by atoms with Crippen molar-refractivity contribution >= 4 is 40.7 Å². The Morgan fingerprint density at radius 2 is 2.00 bits per heavy atom. The highest BCUT2D eigenvalue weighted by Gasteiger charge is 2.11. The number of nitrogens with two attached hydrogens (primary N) is 1. The van der Waals surface area contributed by atoms with E-state index in [1.807, 2.05) is 13.0 Å². The lowest BCUT2D eigenvalue weighted by atomic mass is 10.2. The van der Waals surface area contributed by atoms with Crippen molar-refractivity contribution in [2.24, 2.45) is 5.84 Å². The number of nitrogen functional groups attached to an aromatic ring is 1. The van der Waals surface area contributed by atoms with E-state index in [0.29, 0.717) is 27.3 Å². The number of hydrazine groups is 1. The first-order valence-electron chi connectivity index (χ1n) is 5.65. The van der Waals surface area contributed by atoms with Crippen LogP contribution in [0, 0.1) is 6.92 Å². The molecule has 0 amide bonds. The van der Waals surface area contributed by atoms with Crippen molar-refractivity contribution in [2.45, 2.75) is 6.92 Å². The highest BCUT2D eigenvalue weighted by atomic mass is 35.5. The summed E-state index contributed by atoms with van der Waals surface area (Å²) < 4.78 is 5.28. The number of aromatic nitrogens is 2. The topological polar surface area (TPSA) is 85.1 Å². The molecule has 1 aromatic heterocycles. The first kappa shape index (κ1) is 14.6. The van der Waals surface area contributed by atoms with Gasteiger partial charge in [-0.3, -0.25) is 5.43 Å². The Hall–Kier alpha value is -1.76. The Labute approximate surface area is 126 Å². The van der Waals surface area contributed by atoms with Crippen molar-refractivity contribution in [2.75, 3.05) is 17.9 Å². The summed E-state index contributed by atoms with van der Waals surface area (Å²) in [6.45, 7) is 1.89. The summed E-state index contributed by atoms with van der Waals surface area (Å²) >= 11 is 12.1. The number of rotatable bonds is 4. The zero-order chi connectivity index (χ0) is 14.7. The van der Waals surface area contributed by atoms with Gasteiger partial charge in [0.05, 0.1) is 19.0 Å². The number of halogens is 2. The molecular weight excluding hydrogens is 301 g/mol. The molecule has 2 aromatic rings. The molecule has 0 aliphatic rings. The minimum Gasteiger partial charge on any atom is -0.495 e. The number of hydrogen-bond donors (Lipinski definition) is 3. The number of aryl methyl sites for hydroxylation is 1. The quantitative estimate of drug-likeness (QED) is 0.594. The highest BCUT2D eigenvalue weighted by molar-refractivity contribution is 6.33. The van der Waals surface area contributed by atoms with Gasteiger partial charge in [0.1, 0.15) is 10.8 Å². The van der Waals surface area contributed by atoms with Crippen LogP contribution in [0.5, 0.6) is 5.75 Å². The predicted molar refractivity (Wildman–Crippen MR) is 80.9 cm³/mol. The van der Waals surface area contributed by atoms with Crippen molar-refractivity contribution in [3.05, 3.63) is 33.9 Å². The lowest BCUT2D eigenvalue weighted by molar-refractivity contribution is 0.416. The lowest BCUT2D eigenvalue weighted by Crippen LogP contribution is -2.11. The Bertz CT molecular complexity index is 635. The number of anilines is 3. The van der Waals surface area contributed by atoms with Crippen LogP contribution in [0.25, 0.3) is 0 Å². The molecule has 0 aliphatic carbocycles. The van der Waals surface area contributed by atoms with Gasteiger partial charge in [-0.05, 0) is 18.6 Å². The highest BCUT2D eigenvalue weighted by Crippen LogP contribution is 2.34. The zero-order valence-corrected chi connectivity index (χ0v) is 12.4. The van der Waals surface area contributed by atoms with E-state index in [9.17, 15) is 0 Å². The van der Waals surface area contributed by atoms with Crippen LogP contribution in [0.1, 0.15) is 5.56 Å². The lowest BCUT2D eigenvalue weighted by Gasteiger charge is -2.13. The van der Waals surface area contributed by atoms with E-state index in [-0.39, 0.29) is 5.95 Å². The van der Waals surface area contributed by atoms with Gasteiger partial charge >= 0.3 is 0 Å². The summed E-state index contributed by atoms with van der Waals surface area (Å²) in [5.74, 6) is 6.52. The van der Waals surface area contributed by atoms with Crippen molar-refractivity contribution in [1.29, 1.82) is 0 Å². The van der Waals surface area contributed by atoms with Gasteiger partial charge in [0.25, 0.3) is 0 Å². The van der Waals surface area contributed by atoms with Gasteiger partial charge in [-0.2, -0.15) is 4.98 Å². The van der Waals surface area contributed by atoms with Crippen LogP contribution in [0.4, 0.5) is 17.5 Å². The van der Waals surface area contributed by atoms with Crippen molar-refractivity contribution in [1.82, 2.24) is 9.97 Å². The molecule has 0 spiro atoms. The van der Waals surface area contributed by atoms with Gasteiger partial charge in [-0.1, -0.05) is 23.2 Å². The fourth-order valence-electron chi connectivity index (χ4n) is 1.58. The first-order valence-corrected chi connectivity index (χ1v) is 6.41. The van der Waals surface area contributed by atoms with Crippen LogP contribution in [0.3, 0.4) is 0 Å². The minimum atomic E-state index is 0.251. The Morgan fingerprint density at radius 1 is 1.25 bits per heavy atom. The minimum absolute atomic E-state index is 0.251. The van der Waals surface area contributed by atoms with Gasteiger partial charge in [0.2, 0.25) is 5.95 Å². The van der Waals surface area contributed by atoms with E-state index in [2.05, 4.69) is 20.7 Å². The third-order valence-corrected chi connectivity index (χ3v) is 3.29. The molecule has 0 saturated heterocycles. The molecule has 4 N–H and O–H groups in total. The Balaban J connectivity index is 2.41. The summed E-state index contributed by atoms with van der Waals surface area (Å²) in [5, 5.41) is 4.05. The van der Waals surface area contributed by atoms with Crippen LogP contribution >= 0.6 is 23.2 Å². The Morgan fingerprint density at radius 3 is 2.65 bits per heavy atom. The van der Waals surface area contributed by atoms with Crippen LogP contribution in [-0.4, -0.2) is 17.1 Å². The number of ether oxygens (including phenoxy) is 1. The molecular formula is C12H13Cl2N5O. The summed E-state index contributed by atoms with van der Waals surface area (Å²) in [7, 11) is 1.56. The third-order valence-electron chi connectivity index (χ3n) is 2.61. The smallest absolute Gasteiger partial charge is 0.239 e. The van der Waals surface area contributed by atoms with Crippen LogP contribution in [0.2, 0.25) is 10.0 Å². The number of hydrogen-bond acceptors (Lipinski definition) is 6. The third kappa shape index (κ3) is 3.04. The number of methoxy groups -OCH3 is 1. The normalized spacial score (nSPS) is 10.2. The van der Waals surface area contributed by atoms with Gasteiger partial charge in [0.15, 0.2) is 5.82 Å². The average Bonchev–Trinajstić information content (AvgIpc) is 2.44. The molecule has 0 saturated carbocycles. The maximum Gasteiger partial charge on any atom is 0.239 e. The van der Waals surface area contributed by atoms with E-state index in [0.717, 1.165) is 5.56 Å². The molecule has 8 heteroatoms. The molecule has 106 valence electrons. The number of nitrogens with zero attached hydrogens (tertiary/aromatic N) is 2. The van der Waals surface area contributed by atoms with Gasteiger partial charge in [-0.25, -0.2) is 10.8 Å². The molecule has 0 fully saturated rings. The fourth-order valence-corrected chi connectivity index (χ4v) is 1.87. The molecule has 0 aliphatic heterocycles. The molecule has 1 heterocycles. The van der Waals surface area contributed by atoms with E-state index in [4.69, 9.17) is 33.8 Å². The van der Waals surface area contributed by atoms with Crippen LogP contribution < -0.4 is 21.3 Å². The average molecular weight is 314 g/mol. The second-order valence-corrected chi connectivity index (χ2v) is 4.78.